The number of aryl methyl sites for hydroxylation is 1. The molecule has 0 bridgehead atoms. The van der Waals surface area contributed by atoms with Crippen molar-refractivity contribution in [3.63, 3.8) is 0 Å². The normalized spacial score (nSPS) is 11.2. The summed E-state index contributed by atoms with van der Waals surface area (Å²) in [6, 6.07) is 3.56. The van der Waals surface area contributed by atoms with E-state index in [4.69, 9.17) is 4.74 Å². The molecule has 0 aliphatic carbocycles. The van der Waals surface area contributed by atoms with Gasteiger partial charge in [0, 0.05) is 31.5 Å². The second-order valence-corrected chi connectivity index (χ2v) is 5.46. The molecule has 1 heterocycles. The number of nitrogens with zero attached hydrogens (tertiary/aromatic N) is 1. The number of hydrogen-bond acceptors (Lipinski definition) is 4. The predicted octanol–water partition coefficient (Wildman–Crippen LogP) is 2.37. The molecule has 0 saturated carbocycles. The van der Waals surface area contributed by atoms with Crippen molar-refractivity contribution in [3.8, 4) is 0 Å². The molecule has 0 aromatic carbocycles. The van der Waals surface area contributed by atoms with Crippen LogP contribution in [-0.4, -0.2) is 36.7 Å². The highest BCUT2D eigenvalue weighted by Crippen LogP contribution is 2.11. The summed E-state index contributed by atoms with van der Waals surface area (Å²) in [7, 11) is 1.63. The van der Waals surface area contributed by atoms with Crippen LogP contribution < -0.4 is 10.6 Å². The Kier molecular flexibility index (Phi) is 5.95. The third-order valence-electron chi connectivity index (χ3n) is 3.00. The summed E-state index contributed by atoms with van der Waals surface area (Å²) >= 11 is 0. The number of methoxy groups -OCH3 is 1. The van der Waals surface area contributed by atoms with E-state index in [-0.39, 0.29) is 11.5 Å². The lowest BCUT2D eigenvalue weighted by Crippen LogP contribution is -2.39. The molecule has 5 nitrogen and oxygen atoms in total. The van der Waals surface area contributed by atoms with E-state index in [1.54, 1.807) is 19.2 Å². The third-order valence-corrected chi connectivity index (χ3v) is 3.00. The maximum atomic E-state index is 12.2. The van der Waals surface area contributed by atoms with Crippen LogP contribution in [0.4, 0.5) is 5.82 Å². The second-order valence-electron chi connectivity index (χ2n) is 5.46. The molecule has 1 rings (SSSR count). The van der Waals surface area contributed by atoms with Gasteiger partial charge < -0.3 is 15.4 Å². The molecule has 1 aromatic heterocycles. The number of nitrogens with one attached hydrogen (secondary N) is 2. The fourth-order valence-corrected chi connectivity index (χ4v) is 1.61. The number of carbonyl (C=O) groups is 1. The van der Waals surface area contributed by atoms with Gasteiger partial charge in [0.15, 0.2) is 0 Å². The average Bonchev–Trinajstić information content (AvgIpc) is 2.42. The van der Waals surface area contributed by atoms with Gasteiger partial charge in [-0.15, -0.1) is 0 Å². The average molecular weight is 279 g/mol. The van der Waals surface area contributed by atoms with Gasteiger partial charge in [0.25, 0.3) is 5.91 Å². The first-order valence-corrected chi connectivity index (χ1v) is 6.94. The number of rotatable bonds is 7. The summed E-state index contributed by atoms with van der Waals surface area (Å²) in [6.45, 7) is 9.13. The zero-order valence-electron chi connectivity index (χ0n) is 13.0. The Labute approximate surface area is 121 Å². The molecule has 1 amide bonds. The minimum absolute atomic E-state index is 0.111. The van der Waals surface area contributed by atoms with E-state index in [1.807, 2.05) is 20.8 Å². The quantitative estimate of drug-likeness (QED) is 0.804. The van der Waals surface area contributed by atoms with Crippen molar-refractivity contribution in [1.29, 1.82) is 0 Å². The number of ether oxygens (including phenoxy) is 1. The van der Waals surface area contributed by atoms with Gasteiger partial charge in [-0.25, -0.2) is 4.98 Å². The van der Waals surface area contributed by atoms with E-state index < -0.39 is 0 Å². The molecular weight excluding hydrogens is 254 g/mol. The molecule has 0 aliphatic rings. The molecule has 20 heavy (non-hydrogen) atoms. The van der Waals surface area contributed by atoms with Crippen molar-refractivity contribution in [3.05, 3.63) is 23.4 Å². The standard InChI is InChI=1S/C15H25N3O2/c1-6-7-16-13-9-12(8-11(2)18-13)14(19)17-10-15(3,4)20-5/h8-9H,6-7,10H2,1-5H3,(H,16,18)(H,17,19). The monoisotopic (exact) mass is 279 g/mol. The first-order valence-electron chi connectivity index (χ1n) is 6.94. The summed E-state index contributed by atoms with van der Waals surface area (Å²) < 4.78 is 5.29. The van der Waals surface area contributed by atoms with Crippen LogP contribution in [0.15, 0.2) is 12.1 Å². The first-order chi connectivity index (χ1) is 9.38. The number of amides is 1. The Hall–Kier alpha value is -1.62. The molecule has 2 N–H and O–H groups in total. The summed E-state index contributed by atoms with van der Waals surface area (Å²) in [4.78, 5) is 16.5. The Morgan fingerprint density at radius 3 is 2.70 bits per heavy atom. The zero-order chi connectivity index (χ0) is 15.2. The Bertz CT molecular complexity index is 458. The highest BCUT2D eigenvalue weighted by atomic mass is 16.5. The maximum absolute atomic E-state index is 12.2. The summed E-state index contributed by atoms with van der Waals surface area (Å²) in [5.74, 6) is 0.628. The number of carbonyl (C=O) groups excluding carboxylic acids is 1. The summed E-state index contributed by atoms with van der Waals surface area (Å²) in [5.41, 5.74) is 1.06. The number of pyridine rings is 1. The lowest BCUT2D eigenvalue weighted by molar-refractivity contribution is 0.0229. The molecular formula is C15H25N3O2. The van der Waals surface area contributed by atoms with Crippen LogP contribution in [0.1, 0.15) is 43.2 Å². The van der Waals surface area contributed by atoms with E-state index in [2.05, 4.69) is 22.5 Å². The van der Waals surface area contributed by atoms with Gasteiger partial charge in [-0.2, -0.15) is 0 Å². The highest BCUT2D eigenvalue weighted by Gasteiger charge is 2.18. The second kappa shape index (κ2) is 7.24. The van der Waals surface area contributed by atoms with E-state index in [9.17, 15) is 4.79 Å². The first kappa shape index (κ1) is 16.4. The molecule has 5 heteroatoms. The van der Waals surface area contributed by atoms with Crippen LogP contribution in [0.3, 0.4) is 0 Å². The van der Waals surface area contributed by atoms with Crippen LogP contribution in [-0.2, 0) is 4.74 Å². The fraction of sp³-hybridized carbons (Fsp3) is 0.600. The zero-order valence-corrected chi connectivity index (χ0v) is 13.0. The molecule has 0 spiro atoms. The number of hydrogen-bond donors (Lipinski definition) is 2. The lowest BCUT2D eigenvalue weighted by atomic mass is 10.1. The van der Waals surface area contributed by atoms with Gasteiger partial charge in [-0.05, 0) is 39.3 Å². The van der Waals surface area contributed by atoms with E-state index in [0.29, 0.717) is 12.1 Å². The molecule has 0 saturated heterocycles. The molecule has 112 valence electrons. The number of anilines is 1. The molecule has 0 atom stereocenters. The fourth-order valence-electron chi connectivity index (χ4n) is 1.61. The Morgan fingerprint density at radius 2 is 2.10 bits per heavy atom. The Balaban J connectivity index is 2.74. The Morgan fingerprint density at radius 1 is 1.40 bits per heavy atom. The van der Waals surface area contributed by atoms with Crippen LogP contribution in [0.2, 0.25) is 0 Å². The summed E-state index contributed by atoms with van der Waals surface area (Å²) in [6.07, 6.45) is 1.01. The third kappa shape index (κ3) is 5.17. The van der Waals surface area contributed by atoms with Crippen LogP contribution in [0, 0.1) is 6.92 Å². The van der Waals surface area contributed by atoms with E-state index >= 15 is 0 Å². The van der Waals surface area contributed by atoms with Gasteiger partial charge in [-0.3, -0.25) is 4.79 Å². The summed E-state index contributed by atoms with van der Waals surface area (Å²) in [5, 5.41) is 6.08. The maximum Gasteiger partial charge on any atom is 0.251 e. The molecule has 0 radical (unpaired) electrons. The minimum Gasteiger partial charge on any atom is -0.377 e. The smallest absolute Gasteiger partial charge is 0.251 e. The van der Waals surface area contributed by atoms with Crippen molar-refractivity contribution < 1.29 is 9.53 Å². The largest absolute Gasteiger partial charge is 0.377 e. The van der Waals surface area contributed by atoms with E-state index in [0.717, 1.165) is 24.5 Å². The van der Waals surface area contributed by atoms with Gasteiger partial charge in [-0.1, -0.05) is 6.92 Å². The SMILES string of the molecule is CCCNc1cc(C(=O)NCC(C)(C)OC)cc(C)n1. The van der Waals surface area contributed by atoms with Crippen LogP contribution in [0.25, 0.3) is 0 Å². The minimum atomic E-state index is -0.374. The van der Waals surface area contributed by atoms with Gasteiger partial charge in [0.2, 0.25) is 0 Å². The van der Waals surface area contributed by atoms with Gasteiger partial charge in [0.1, 0.15) is 5.82 Å². The van der Waals surface area contributed by atoms with Crippen molar-refractivity contribution >= 4 is 11.7 Å². The molecule has 0 fully saturated rings. The molecule has 0 aliphatic heterocycles. The van der Waals surface area contributed by atoms with Gasteiger partial charge in [0.05, 0.1) is 5.60 Å². The highest BCUT2D eigenvalue weighted by molar-refractivity contribution is 5.95. The van der Waals surface area contributed by atoms with Crippen LogP contribution in [0.5, 0.6) is 0 Å². The van der Waals surface area contributed by atoms with Crippen molar-refractivity contribution in [2.45, 2.75) is 39.7 Å². The lowest BCUT2D eigenvalue weighted by Gasteiger charge is -2.23. The predicted molar refractivity (Wildman–Crippen MR) is 81.2 cm³/mol. The van der Waals surface area contributed by atoms with Crippen molar-refractivity contribution in [1.82, 2.24) is 10.3 Å². The van der Waals surface area contributed by atoms with E-state index in [1.165, 1.54) is 0 Å². The van der Waals surface area contributed by atoms with Crippen molar-refractivity contribution in [2.75, 3.05) is 25.5 Å². The van der Waals surface area contributed by atoms with Crippen molar-refractivity contribution in [2.24, 2.45) is 0 Å². The topological polar surface area (TPSA) is 63.2 Å². The number of aromatic nitrogens is 1. The molecule has 1 aromatic rings. The molecule has 0 unspecified atom stereocenters. The van der Waals surface area contributed by atoms with Gasteiger partial charge >= 0.3 is 0 Å². The van der Waals surface area contributed by atoms with Crippen LogP contribution >= 0.6 is 0 Å².